The van der Waals surface area contributed by atoms with Gasteiger partial charge in [-0.2, -0.15) is 11.8 Å². The molecular weight excluding hydrogens is 304 g/mol. The van der Waals surface area contributed by atoms with Crippen LogP contribution in [-0.2, 0) is 14.6 Å². The highest BCUT2D eigenvalue weighted by atomic mass is 32.2. The van der Waals surface area contributed by atoms with Crippen molar-refractivity contribution in [2.75, 3.05) is 23.5 Å². The second-order valence-corrected chi connectivity index (χ2v) is 8.01. The van der Waals surface area contributed by atoms with Gasteiger partial charge in [0.05, 0.1) is 11.5 Å². The number of amides is 2. The summed E-state index contributed by atoms with van der Waals surface area (Å²) in [4.78, 5) is 22.7. The van der Waals surface area contributed by atoms with E-state index in [-0.39, 0.29) is 17.5 Å². The SMILES string of the molecule is CSCCC(NC(=O)NC1CCS(=O)(=O)CC1)C(=O)O. The zero-order valence-corrected chi connectivity index (χ0v) is 12.9. The Balaban J connectivity index is 2.40. The van der Waals surface area contributed by atoms with E-state index in [1.165, 1.54) is 11.8 Å². The number of carboxylic acids is 1. The van der Waals surface area contributed by atoms with Crippen LogP contribution < -0.4 is 10.6 Å². The van der Waals surface area contributed by atoms with Crippen molar-refractivity contribution in [2.45, 2.75) is 31.3 Å². The van der Waals surface area contributed by atoms with Crippen LogP contribution in [0.1, 0.15) is 19.3 Å². The molecule has 0 aromatic rings. The number of urea groups is 1. The van der Waals surface area contributed by atoms with Crippen LogP contribution >= 0.6 is 11.8 Å². The predicted molar refractivity (Wildman–Crippen MR) is 77.8 cm³/mol. The lowest BCUT2D eigenvalue weighted by Crippen LogP contribution is -2.50. The lowest BCUT2D eigenvalue weighted by atomic mass is 10.1. The number of nitrogens with one attached hydrogen (secondary N) is 2. The number of aliphatic carboxylic acids is 1. The van der Waals surface area contributed by atoms with E-state index in [2.05, 4.69) is 10.6 Å². The first-order chi connectivity index (χ1) is 9.34. The van der Waals surface area contributed by atoms with Crippen LogP contribution in [-0.4, -0.2) is 61.1 Å². The van der Waals surface area contributed by atoms with Gasteiger partial charge in [-0.25, -0.2) is 18.0 Å². The molecule has 2 amide bonds. The Morgan fingerprint density at radius 1 is 1.35 bits per heavy atom. The number of carbonyl (C=O) groups excluding carboxylic acids is 1. The first-order valence-corrected chi connectivity index (χ1v) is 9.55. The molecule has 1 fully saturated rings. The second kappa shape index (κ2) is 7.72. The standard InChI is InChI=1S/C11H20N2O5S2/c1-19-5-2-9(10(14)15)13-11(16)12-8-3-6-20(17,18)7-4-8/h8-9H,2-7H2,1H3,(H,14,15)(H2,12,13,16). The zero-order chi connectivity index (χ0) is 15.2. The highest BCUT2D eigenvalue weighted by molar-refractivity contribution is 7.98. The van der Waals surface area contributed by atoms with E-state index in [0.717, 1.165) is 0 Å². The van der Waals surface area contributed by atoms with Crippen LogP contribution in [0.15, 0.2) is 0 Å². The number of rotatable bonds is 6. The molecule has 0 spiro atoms. The van der Waals surface area contributed by atoms with Crippen molar-refractivity contribution >= 4 is 33.6 Å². The Labute approximate surface area is 122 Å². The van der Waals surface area contributed by atoms with Crippen LogP contribution in [0.4, 0.5) is 4.79 Å². The molecule has 0 aliphatic carbocycles. The minimum absolute atomic E-state index is 0.0623. The minimum Gasteiger partial charge on any atom is -0.480 e. The summed E-state index contributed by atoms with van der Waals surface area (Å²) in [7, 11) is -2.97. The molecule has 3 N–H and O–H groups in total. The van der Waals surface area contributed by atoms with Crippen molar-refractivity contribution in [3.8, 4) is 0 Å². The van der Waals surface area contributed by atoms with Gasteiger partial charge in [-0.1, -0.05) is 0 Å². The van der Waals surface area contributed by atoms with Gasteiger partial charge in [-0.3, -0.25) is 0 Å². The lowest BCUT2D eigenvalue weighted by Gasteiger charge is -2.24. The van der Waals surface area contributed by atoms with Gasteiger partial charge in [0.2, 0.25) is 0 Å². The molecule has 1 atom stereocenters. The fraction of sp³-hybridized carbons (Fsp3) is 0.818. The first kappa shape index (κ1) is 17.1. The quantitative estimate of drug-likeness (QED) is 0.637. The monoisotopic (exact) mass is 324 g/mol. The molecular formula is C11H20N2O5S2. The molecule has 0 aromatic heterocycles. The maximum Gasteiger partial charge on any atom is 0.326 e. The Bertz CT molecular complexity index is 438. The molecule has 1 aliphatic heterocycles. The van der Waals surface area contributed by atoms with Crippen LogP contribution in [0.3, 0.4) is 0 Å². The summed E-state index contributed by atoms with van der Waals surface area (Å²) in [5.74, 6) is -0.307. The Hall–Kier alpha value is -0.960. The molecule has 0 bridgehead atoms. The van der Waals surface area contributed by atoms with Crippen LogP contribution in [0.25, 0.3) is 0 Å². The van der Waals surface area contributed by atoms with Crippen LogP contribution in [0.5, 0.6) is 0 Å². The molecule has 7 nitrogen and oxygen atoms in total. The van der Waals surface area contributed by atoms with Crippen molar-refractivity contribution in [2.24, 2.45) is 0 Å². The third-order valence-electron chi connectivity index (χ3n) is 3.10. The van der Waals surface area contributed by atoms with Crippen molar-refractivity contribution in [1.29, 1.82) is 0 Å². The maximum atomic E-state index is 11.7. The second-order valence-electron chi connectivity index (χ2n) is 4.72. The Kier molecular flexibility index (Phi) is 6.60. The molecule has 20 heavy (non-hydrogen) atoms. The van der Waals surface area contributed by atoms with E-state index < -0.39 is 27.9 Å². The van der Waals surface area contributed by atoms with E-state index in [4.69, 9.17) is 5.11 Å². The average molecular weight is 324 g/mol. The van der Waals surface area contributed by atoms with Gasteiger partial charge in [0, 0.05) is 6.04 Å². The summed E-state index contributed by atoms with van der Waals surface area (Å²) in [5.41, 5.74) is 0. The van der Waals surface area contributed by atoms with E-state index >= 15 is 0 Å². The molecule has 9 heteroatoms. The number of hydrogen-bond donors (Lipinski definition) is 3. The molecule has 0 saturated carbocycles. The van der Waals surface area contributed by atoms with Gasteiger partial charge in [0.25, 0.3) is 0 Å². The first-order valence-electron chi connectivity index (χ1n) is 6.33. The number of carboxylic acid groups (broad SMARTS) is 1. The molecule has 1 unspecified atom stereocenters. The number of hydrogen-bond acceptors (Lipinski definition) is 5. The highest BCUT2D eigenvalue weighted by Gasteiger charge is 2.26. The summed E-state index contributed by atoms with van der Waals surface area (Å²) >= 11 is 1.51. The lowest BCUT2D eigenvalue weighted by molar-refractivity contribution is -0.139. The molecule has 1 rings (SSSR count). The topological polar surface area (TPSA) is 113 Å². The van der Waals surface area contributed by atoms with Gasteiger partial charge in [-0.15, -0.1) is 0 Å². The molecule has 116 valence electrons. The predicted octanol–water partition coefficient (Wildman–Crippen LogP) is 0.0691. The zero-order valence-electron chi connectivity index (χ0n) is 11.3. The Morgan fingerprint density at radius 2 is 1.95 bits per heavy atom. The van der Waals surface area contributed by atoms with Gasteiger partial charge >= 0.3 is 12.0 Å². The van der Waals surface area contributed by atoms with Gasteiger partial charge in [-0.05, 0) is 31.3 Å². The van der Waals surface area contributed by atoms with Gasteiger partial charge < -0.3 is 15.7 Å². The van der Waals surface area contributed by atoms with E-state index in [0.29, 0.717) is 25.0 Å². The molecule has 0 radical (unpaired) electrons. The Morgan fingerprint density at radius 3 is 2.45 bits per heavy atom. The number of carbonyl (C=O) groups is 2. The van der Waals surface area contributed by atoms with E-state index in [1.54, 1.807) is 0 Å². The normalized spacial score (nSPS) is 20.1. The van der Waals surface area contributed by atoms with E-state index in [1.807, 2.05) is 6.26 Å². The van der Waals surface area contributed by atoms with Crippen molar-refractivity contribution in [3.63, 3.8) is 0 Å². The molecule has 1 heterocycles. The summed E-state index contributed by atoms with van der Waals surface area (Å²) < 4.78 is 22.5. The van der Waals surface area contributed by atoms with E-state index in [9.17, 15) is 18.0 Å². The van der Waals surface area contributed by atoms with Gasteiger partial charge in [0.1, 0.15) is 15.9 Å². The van der Waals surface area contributed by atoms with Crippen molar-refractivity contribution < 1.29 is 23.1 Å². The fourth-order valence-corrected chi connectivity index (χ4v) is 3.88. The third-order valence-corrected chi connectivity index (χ3v) is 5.46. The highest BCUT2D eigenvalue weighted by Crippen LogP contribution is 2.12. The number of sulfone groups is 1. The number of thioether (sulfide) groups is 1. The summed E-state index contributed by atoms with van der Waals surface area (Å²) in [6.45, 7) is 0. The van der Waals surface area contributed by atoms with Gasteiger partial charge in [0.15, 0.2) is 0 Å². The minimum atomic E-state index is -2.97. The molecule has 1 saturated heterocycles. The summed E-state index contributed by atoms with van der Waals surface area (Å²) in [6, 6.07) is -1.69. The van der Waals surface area contributed by atoms with Crippen LogP contribution in [0.2, 0.25) is 0 Å². The maximum absolute atomic E-state index is 11.7. The van der Waals surface area contributed by atoms with Crippen molar-refractivity contribution in [3.05, 3.63) is 0 Å². The molecule has 0 aromatic carbocycles. The summed E-state index contributed by atoms with van der Waals surface area (Å²) in [5, 5.41) is 14.0. The average Bonchev–Trinajstić information content (AvgIpc) is 2.36. The molecule has 1 aliphatic rings. The third kappa shape index (κ3) is 6.00. The largest absolute Gasteiger partial charge is 0.480 e. The van der Waals surface area contributed by atoms with Crippen molar-refractivity contribution in [1.82, 2.24) is 10.6 Å². The van der Waals surface area contributed by atoms with Crippen LogP contribution in [0, 0.1) is 0 Å². The summed E-state index contributed by atoms with van der Waals surface area (Å²) in [6.07, 6.45) is 2.96. The fourth-order valence-electron chi connectivity index (χ4n) is 1.91. The smallest absolute Gasteiger partial charge is 0.326 e.